The van der Waals surface area contributed by atoms with Gasteiger partial charge in [0.1, 0.15) is 0 Å². The van der Waals surface area contributed by atoms with Crippen LogP contribution < -0.4 is 5.73 Å². The minimum absolute atomic E-state index is 0.0492. The highest BCUT2D eigenvalue weighted by Gasteiger charge is 2.20. The van der Waals surface area contributed by atoms with Crippen molar-refractivity contribution in [3.63, 3.8) is 0 Å². The van der Waals surface area contributed by atoms with Crippen LogP contribution in [-0.2, 0) is 9.47 Å². The van der Waals surface area contributed by atoms with E-state index in [0.29, 0.717) is 6.61 Å². The molecule has 3 nitrogen and oxygen atoms in total. The van der Waals surface area contributed by atoms with Crippen molar-refractivity contribution in [3.05, 3.63) is 34.3 Å². The van der Waals surface area contributed by atoms with Gasteiger partial charge in [-0.2, -0.15) is 0 Å². The minimum atomic E-state index is -0.165. The number of hydrogen-bond acceptors (Lipinski definition) is 3. The molecule has 0 saturated carbocycles. The normalized spacial score (nSPS) is 15.3. The number of hydrogen-bond donors (Lipinski definition) is 1. The van der Waals surface area contributed by atoms with Crippen LogP contribution in [0.5, 0.6) is 0 Å². The maximum absolute atomic E-state index is 6.02. The molecule has 2 N–H and O–H groups in total. The summed E-state index contributed by atoms with van der Waals surface area (Å²) < 4.78 is 12.4. The van der Waals surface area contributed by atoms with Crippen LogP contribution in [0.2, 0.25) is 0 Å². The van der Waals surface area contributed by atoms with Crippen molar-refractivity contribution in [2.24, 2.45) is 5.73 Å². The molecule has 0 fully saturated rings. The summed E-state index contributed by atoms with van der Waals surface area (Å²) in [4.78, 5) is 0. The highest BCUT2D eigenvalue weighted by molar-refractivity contribution is 9.10. The van der Waals surface area contributed by atoms with Crippen molar-refractivity contribution < 1.29 is 9.47 Å². The lowest BCUT2D eigenvalue weighted by Crippen LogP contribution is -2.30. The van der Waals surface area contributed by atoms with Gasteiger partial charge >= 0.3 is 0 Å². The lowest BCUT2D eigenvalue weighted by Gasteiger charge is -2.26. The zero-order valence-electron chi connectivity index (χ0n) is 12.2. The molecule has 1 rings (SSSR count). The van der Waals surface area contributed by atoms with Crippen molar-refractivity contribution in [1.29, 1.82) is 0 Å². The van der Waals surface area contributed by atoms with Crippen molar-refractivity contribution in [2.45, 2.75) is 44.9 Å². The number of benzene rings is 1. The van der Waals surface area contributed by atoms with Crippen LogP contribution in [-0.4, -0.2) is 25.4 Å². The van der Waals surface area contributed by atoms with Crippen LogP contribution >= 0.6 is 15.9 Å². The number of nitrogens with two attached hydrogens (primary N) is 1. The summed E-state index contributed by atoms with van der Waals surface area (Å²) in [7, 11) is 1.72. The molecule has 2 unspecified atom stereocenters. The highest BCUT2D eigenvalue weighted by atomic mass is 79.9. The molecule has 0 radical (unpaired) electrons. The van der Waals surface area contributed by atoms with Gasteiger partial charge in [0.05, 0.1) is 18.3 Å². The predicted molar refractivity (Wildman–Crippen MR) is 82.2 cm³/mol. The summed E-state index contributed by atoms with van der Waals surface area (Å²) in [6.45, 7) is 6.70. The summed E-state index contributed by atoms with van der Waals surface area (Å²) in [6.07, 6.45) is 0.754. The fourth-order valence-corrected chi connectivity index (χ4v) is 2.00. The molecule has 0 aromatic heterocycles. The summed E-state index contributed by atoms with van der Waals surface area (Å²) in [5.74, 6) is 0. The fraction of sp³-hybridized carbons (Fsp3) is 0.600. The monoisotopic (exact) mass is 329 g/mol. The van der Waals surface area contributed by atoms with E-state index < -0.39 is 0 Å². The first-order chi connectivity index (χ1) is 8.85. The number of halogens is 1. The first-order valence-electron chi connectivity index (χ1n) is 6.53. The molecule has 0 spiro atoms. The van der Waals surface area contributed by atoms with Gasteiger partial charge in [-0.3, -0.25) is 0 Å². The topological polar surface area (TPSA) is 44.5 Å². The molecule has 0 heterocycles. The van der Waals surface area contributed by atoms with Crippen LogP contribution in [0.25, 0.3) is 0 Å². The van der Waals surface area contributed by atoms with Gasteiger partial charge in [0, 0.05) is 17.6 Å². The Balaban J connectivity index is 2.62. The molecule has 0 bridgehead atoms. The SMILES string of the molecule is COC(C)(C)CCOC(c1ccc(Br)cc1)C(C)N. The van der Waals surface area contributed by atoms with Crippen LogP contribution in [0.1, 0.15) is 38.9 Å². The smallest absolute Gasteiger partial charge is 0.0972 e. The van der Waals surface area contributed by atoms with E-state index in [0.717, 1.165) is 16.5 Å². The molecule has 1 aromatic rings. The lowest BCUT2D eigenvalue weighted by atomic mass is 10.0. The van der Waals surface area contributed by atoms with E-state index in [9.17, 15) is 0 Å². The summed E-state index contributed by atoms with van der Waals surface area (Å²) in [6, 6.07) is 8.05. The van der Waals surface area contributed by atoms with E-state index in [4.69, 9.17) is 15.2 Å². The third-order valence-corrected chi connectivity index (χ3v) is 3.76. The first kappa shape index (κ1) is 16.6. The lowest BCUT2D eigenvalue weighted by molar-refractivity contribution is -0.0317. The maximum atomic E-state index is 6.02. The van der Waals surface area contributed by atoms with Crippen molar-refractivity contribution >= 4 is 15.9 Å². The summed E-state index contributed by atoms with van der Waals surface area (Å²) >= 11 is 3.43. The molecule has 0 amide bonds. The van der Waals surface area contributed by atoms with Gasteiger partial charge in [0.15, 0.2) is 0 Å². The fourth-order valence-electron chi connectivity index (χ4n) is 1.74. The van der Waals surface area contributed by atoms with Gasteiger partial charge in [-0.25, -0.2) is 0 Å². The zero-order valence-corrected chi connectivity index (χ0v) is 13.7. The van der Waals surface area contributed by atoms with Gasteiger partial charge in [0.25, 0.3) is 0 Å². The number of ether oxygens (including phenoxy) is 2. The molecule has 19 heavy (non-hydrogen) atoms. The molecule has 0 aliphatic carbocycles. The Hall–Kier alpha value is -0.420. The van der Waals surface area contributed by atoms with Crippen LogP contribution in [0, 0.1) is 0 Å². The van der Waals surface area contributed by atoms with Gasteiger partial charge < -0.3 is 15.2 Å². The Morgan fingerprint density at radius 2 is 1.84 bits per heavy atom. The van der Waals surface area contributed by atoms with E-state index in [1.54, 1.807) is 7.11 Å². The number of methoxy groups -OCH3 is 1. The van der Waals surface area contributed by atoms with Gasteiger partial charge in [-0.05, 0) is 44.9 Å². The number of rotatable bonds is 7. The van der Waals surface area contributed by atoms with Gasteiger partial charge in [-0.15, -0.1) is 0 Å². The van der Waals surface area contributed by atoms with Crippen LogP contribution in [0.4, 0.5) is 0 Å². The Morgan fingerprint density at radius 1 is 1.26 bits per heavy atom. The van der Waals surface area contributed by atoms with E-state index in [1.165, 1.54) is 0 Å². The molecule has 0 aliphatic heterocycles. The second kappa shape index (κ2) is 7.39. The molecule has 0 aliphatic rings. The second-order valence-electron chi connectivity index (χ2n) is 5.42. The molecular formula is C15H24BrNO2. The minimum Gasteiger partial charge on any atom is -0.379 e. The average molecular weight is 330 g/mol. The third kappa shape index (κ3) is 5.61. The molecular weight excluding hydrogens is 306 g/mol. The van der Waals surface area contributed by atoms with E-state index >= 15 is 0 Å². The van der Waals surface area contributed by atoms with E-state index in [1.807, 2.05) is 31.2 Å². The highest BCUT2D eigenvalue weighted by Crippen LogP contribution is 2.24. The predicted octanol–water partition coefficient (Wildman–Crippen LogP) is 3.67. The largest absolute Gasteiger partial charge is 0.379 e. The van der Waals surface area contributed by atoms with Crippen molar-refractivity contribution in [3.8, 4) is 0 Å². The molecule has 2 atom stereocenters. The Labute approximate surface area is 124 Å². The van der Waals surface area contributed by atoms with Gasteiger partial charge in [0.2, 0.25) is 0 Å². The Morgan fingerprint density at radius 3 is 2.32 bits per heavy atom. The molecule has 4 heteroatoms. The third-order valence-electron chi connectivity index (χ3n) is 3.23. The van der Waals surface area contributed by atoms with Gasteiger partial charge in [-0.1, -0.05) is 28.1 Å². The summed E-state index contributed by atoms with van der Waals surface area (Å²) in [5.41, 5.74) is 6.96. The Bertz CT molecular complexity index is 376. The standard InChI is InChI=1S/C15H24BrNO2/c1-11(17)14(12-5-7-13(16)8-6-12)19-10-9-15(2,3)18-4/h5-8,11,14H,9-10,17H2,1-4H3. The first-order valence-corrected chi connectivity index (χ1v) is 7.33. The van der Waals surface area contributed by atoms with Crippen molar-refractivity contribution in [1.82, 2.24) is 0 Å². The average Bonchev–Trinajstić information content (AvgIpc) is 2.36. The zero-order chi connectivity index (χ0) is 14.5. The van der Waals surface area contributed by atoms with E-state index in [2.05, 4.69) is 29.8 Å². The summed E-state index contributed by atoms with van der Waals surface area (Å²) in [5, 5.41) is 0. The van der Waals surface area contributed by atoms with Crippen LogP contribution in [0.3, 0.4) is 0 Å². The Kier molecular flexibility index (Phi) is 6.47. The van der Waals surface area contributed by atoms with E-state index in [-0.39, 0.29) is 17.7 Å². The molecule has 108 valence electrons. The quantitative estimate of drug-likeness (QED) is 0.830. The van der Waals surface area contributed by atoms with Crippen LogP contribution in [0.15, 0.2) is 28.7 Å². The molecule has 1 aromatic carbocycles. The maximum Gasteiger partial charge on any atom is 0.0972 e. The second-order valence-corrected chi connectivity index (χ2v) is 6.33. The molecule has 0 saturated heterocycles. The van der Waals surface area contributed by atoms with Crippen molar-refractivity contribution in [2.75, 3.05) is 13.7 Å².